The largest absolute Gasteiger partial charge is 0.480 e. The van der Waals surface area contributed by atoms with Gasteiger partial charge in [0.2, 0.25) is 5.88 Å². The molecule has 1 aromatic heterocycles. The van der Waals surface area contributed by atoms with Crippen molar-refractivity contribution in [2.75, 3.05) is 13.7 Å². The number of rotatable bonds is 6. The van der Waals surface area contributed by atoms with Crippen LogP contribution in [-0.4, -0.2) is 32.1 Å². The maximum Gasteiger partial charge on any atom is 0.296 e. The molecule has 1 aromatic carbocycles. The van der Waals surface area contributed by atoms with Gasteiger partial charge in [0.05, 0.1) is 36.7 Å². The van der Waals surface area contributed by atoms with Crippen LogP contribution in [0.1, 0.15) is 11.3 Å². The van der Waals surface area contributed by atoms with Crippen molar-refractivity contribution in [3.05, 3.63) is 47.9 Å². The molecule has 2 rings (SSSR count). The van der Waals surface area contributed by atoms with E-state index in [1.165, 1.54) is 31.6 Å². The van der Waals surface area contributed by atoms with E-state index in [1.807, 2.05) is 6.92 Å². The Hall–Kier alpha value is -1.99. The highest BCUT2D eigenvalue weighted by atomic mass is 32.2. The predicted octanol–water partition coefficient (Wildman–Crippen LogP) is 1.74. The van der Waals surface area contributed by atoms with Gasteiger partial charge >= 0.3 is 0 Å². The lowest BCUT2D eigenvalue weighted by molar-refractivity contribution is 0.320. The molecule has 2 aromatic rings. The molecule has 6 nitrogen and oxygen atoms in total. The zero-order valence-corrected chi connectivity index (χ0v) is 12.6. The normalized spacial score (nSPS) is 11.3. The highest BCUT2D eigenvalue weighted by molar-refractivity contribution is 7.86. The Labute approximate surface area is 123 Å². The van der Waals surface area contributed by atoms with E-state index >= 15 is 0 Å². The summed E-state index contributed by atoms with van der Waals surface area (Å²) in [6.45, 7) is 1.90. The number of methoxy groups -OCH3 is 1. The van der Waals surface area contributed by atoms with Gasteiger partial charge in [0.15, 0.2) is 0 Å². The fourth-order valence-electron chi connectivity index (χ4n) is 1.61. The predicted molar refractivity (Wildman–Crippen MR) is 76.6 cm³/mol. The SMILES string of the molecule is COc1cnc(CCOS(=O)(=O)c2ccc(C)cc2)cn1. The Morgan fingerprint density at radius 2 is 1.81 bits per heavy atom. The van der Waals surface area contributed by atoms with Crippen LogP contribution >= 0.6 is 0 Å². The lowest BCUT2D eigenvalue weighted by Gasteiger charge is -2.06. The number of nitrogens with zero attached hydrogens (tertiary/aromatic N) is 2. The van der Waals surface area contributed by atoms with E-state index in [9.17, 15) is 8.42 Å². The van der Waals surface area contributed by atoms with E-state index in [1.54, 1.807) is 12.1 Å². The second kappa shape index (κ2) is 6.64. The summed E-state index contributed by atoms with van der Waals surface area (Å²) in [5.74, 6) is 0.409. The summed E-state index contributed by atoms with van der Waals surface area (Å²) in [5.41, 5.74) is 1.62. The van der Waals surface area contributed by atoms with Gasteiger partial charge in [-0.3, -0.25) is 9.17 Å². The van der Waals surface area contributed by atoms with Crippen molar-refractivity contribution in [2.24, 2.45) is 0 Å². The van der Waals surface area contributed by atoms with E-state index in [0.717, 1.165) is 5.56 Å². The van der Waals surface area contributed by atoms with Crippen LogP contribution in [0.15, 0.2) is 41.6 Å². The molecule has 0 aliphatic rings. The Morgan fingerprint density at radius 3 is 2.38 bits per heavy atom. The first-order valence-corrected chi connectivity index (χ1v) is 7.73. The molecule has 0 radical (unpaired) electrons. The van der Waals surface area contributed by atoms with Crippen LogP contribution in [0.3, 0.4) is 0 Å². The Balaban J connectivity index is 1.93. The second-order valence-electron chi connectivity index (χ2n) is 4.39. The van der Waals surface area contributed by atoms with Gasteiger partial charge in [0.1, 0.15) is 0 Å². The minimum absolute atomic E-state index is 0.0111. The molecular formula is C14H16N2O4S. The highest BCUT2D eigenvalue weighted by Gasteiger charge is 2.14. The average Bonchev–Trinajstić information content (AvgIpc) is 2.48. The van der Waals surface area contributed by atoms with Gasteiger partial charge in [-0.2, -0.15) is 8.42 Å². The summed E-state index contributed by atoms with van der Waals surface area (Å²) >= 11 is 0. The highest BCUT2D eigenvalue weighted by Crippen LogP contribution is 2.13. The van der Waals surface area contributed by atoms with Gasteiger partial charge in [-0.15, -0.1) is 0 Å². The lowest BCUT2D eigenvalue weighted by Crippen LogP contribution is -2.10. The molecule has 0 amide bonds. The molecule has 1 heterocycles. The summed E-state index contributed by atoms with van der Waals surface area (Å²) in [5, 5.41) is 0. The van der Waals surface area contributed by atoms with Crippen molar-refractivity contribution >= 4 is 10.1 Å². The molecule has 0 atom stereocenters. The molecule has 0 saturated carbocycles. The number of aromatic nitrogens is 2. The standard InChI is InChI=1S/C14H16N2O4S/c1-11-3-5-13(6-4-11)21(17,18)20-8-7-12-9-16-14(19-2)10-15-12/h3-6,9-10H,7-8H2,1-2H3. The van der Waals surface area contributed by atoms with E-state index in [4.69, 9.17) is 8.92 Å². The van der Waals surface area contributed by atoms with Crippen LogP contribution < -0.4 is 4.74 Å². The number of ether oxygens (including phenoxy) is 1. The second-order valence-corrected chi connectivity index (χ2v) is 6.00. The van der Waals surface area contributed by atoms with Crippen molar-refractivity contribution in [1.82, 2.24) is 9.97 Å². The monoisotopic (exact) mass is 308 g/mol. The summed E-state index contributed by atoms with van der Waals surface area (Å²) in [6.07, 6.45) is 3.35. The molecule has 0 spiro atoms. The topological polar surface area (TPSA) is 78.4 Å². The molecule has 0 N–H and O–H groups in total. The maximum absolute atomic E-state index is 12.0. The number of hydrogen-bond acceptors (Lipinski definition) is 6. The van der Waals surface area contributed by atoms with Gasteiger partial charge in [-0.1, -0.05) is 17.7 Å². The molecule has 0 fully saturated rings. The van der Waals surface area contributed by atoms with Crippen molar-refractivity contribution in [1.29, 1.82) is 0 Å². The average molecular weight is 308 g/mol. The maximum atomic E-state index is 12.0. The first-order chi connectivity index (χ1) is 10.0. The van der Waals surface area contributed by atoms with Gasteiger partial charge < -0.3 is 4.74 Å². The first-order valence-electron chi connectivity index (χ1n) is 6.32. The van der Waals surface area contributed by atoms with Gasteiger partial charge in [-0.25, -0.2) is 4.98 Å². The van der Waals surface area contributed by atoms with Crippen LogP contribution in [0.5, 0.6) is 5.88 Å². The zero-order chi connectivity index (χ0) is 15.3. The summed E-state index contributed by atoms with van der Waals surface area (Å²) in [4.78, 5) is 8.23. The zero-order valence-electron chi connectivity index (χ0n) is 11.8. The van der Waals surface area contributed by atoms with Crippen LogP contribution in [0.25, 0.3) is 0 Å². The van der Waals surface area contributed by atoms with E-state index in [-0.39, 0.29) is 11.5 Å². The molecule has 0 bridgehead atoms. The number of benzene rings is 1. The molecule has 0 saturated heterocycles. The van der Waals surface area contributed by atoms with Crippen molar-refractivity contribution in [3.63, 3.8) is 0 Å². The van der Waals surface area contributed by atoms with Gasteiger partial charge in [0, 0.05) is 6.42 Å². The van der Waals surface area contributed by atoms with Crippen LogP contribution in [0.2, 0.25) is 0 Å². The Kier molecular flexibility index (Phi) is 4.87. The Morgan fingerprint density at radius 1 is 1.10 bits per heavy atom. The fourth-order valence-corrected chi connectivity index (χ4v) is 2.51. The third kappa shape index (κ3) is 4.24. The molecule has 0 aliphatic heterocycles. The third-order valence-electron chi connectivity index (χ3n) is 2.80. The minimum Gasteiger partial charge on any atom is -0.480 e. The molecule has 7 heteroatoms. The van der Waals surface area contributed by atoms with Crippen molar-refractivity contribution < 1.29 is 17.3 Å². The molecular weight excluding hydrogens is 292 g/mol. The quantitative estimate of drug-likeness (QED) is 0.756. The van der Waals surface area contributed by atoms with Crippen LogP contribution in [-0.2, 0) is 20.7 Å². The number of aryl methyl sites for hydroxylation is 1. The van der Waals surface area contributed by atoms with E-state index < -0.39 is 10.1 Å². The van der Waals surface area contributed by atoms with Crippen molar-refractivity contribution in [2.45, 2.75) is 18.2 Å². The minimum atomic E-state index is -3.73. The van der Waals surface area contributed by atoms with E-state index in [2.05, 4.69) is 9.97 Å². The Bertz CT molecular complexity index is 682. The summed E-state index contributed by atoms with van der Waals surface area (Å²) in [7, 11) is -2.23. The lowest BCUT2D eigenvalue weighted by atomic mass is 10.2. The van der Waals surface area contributed by atoms with Crippen LogP contribution in [0.4, 0.5) is 0 Å². The summed E-state index contributed by atoms with van der Waals surface area (Å²) in [6, 6.07) is 6.51. The van der Waals surface area contributed by atoms with Crippen LogP contribution in [0, 0.1) is 6.92 Å². The smallest absolute Gasteiger partial charge is 0.296 e. The molecule has 0 unspecified atom stereocenters. The third-order valence-corrected chi connectivity index (χ3v) is 4.12. The molecule has 0 aliphatic carbocycles. The fraction of sp³-hybridized carbons (Fsp3) is 0.286. The molecule has 112 valence electrons. The van der Waals surface area contributed by atoms with Gasteiger partial charge in [0.25, 0.3) is 10.1 Å². The van der Waals surface area contributed by atoms with E-state index in [0.29, 0.717) is 18.0 Å². The van der Waals surface area contributed by atoms with Crippen molar-refractivity contribution in [3.8, 4) is 5.88 Å². The van der Waals surface area contributed by atoms with Gasteiger partial charge in [-0.05, 0) is 19.1 Å². The number of hydrogen-bond donors (Lipinski definition) is 0. The summed E-state index contributed by atoms with van der Waals surface area (Å²) < 4.78 is 33.8. The molecule has 21 heavy (non-hydrogen) atoms. The first kappa shape index (κ1) is 15.4.